The van der Waals surface area contributed by atoms with E-state index in [4.69, 9.17) is 17.3 Å². The number of hydrogen-bond donors (Lipinski definition) is 1. The Morgan fingerprint density at radius 3 is 2.73 bits per heavy atom. The van der Waals surface area contributed by atoms with Gasteiger partial charge in [0.1, 0.15) is 0 Å². The molecular formula is C10H12ClN3S. The van der Waals surface area contributed by atoms with E-state index in [9.17, 15) is 0 Å². The maximum absolute atomic E-state index is 6.03. The summed E-state index contributed by atoms with van der Waals surface area (Å²) in [7, 11) is 0. The molecule has 0 bridgehead atoms. The molecule has 0 radical (unpaired) electrons. The molecule has 0 aromatic carbocycles. The van der Waals surface area contributed by atoms with Gasteiger partial charge in [-0.05, 0) is 25.3 Å². The number of rotatable bonds is 2. The second kappa shape index (κ2) is 3.87. The molecule has 0 atom stereocenters. The van der Waals surface area contributed by atoms with Gasteiger partial charge in [-0.15, -0.1) is 11.3 Å². The number of aryl methyl sites for hydroxylation is 1. The van der Waals surface area contributed by atoms with Crippen LogP contribution in [-0.4, -0.2) is 9.78 Å². The third-order valence-electron chi connectivity index (χ3n) is 2.45. The molecule has 0 amide bonds. The van der Waals surface area contributed by atoms with E-state index in [1.807, 2.05) is 30.0 Å². The Bertz CT molecular complexity index is 487. The third kappa shape index (κ3) is 1.87. The summed E-state index contributed by atoms with van der Waals surface area (Å²) in [5.74, 6) is 0. The second-order valence-corrected chi connectivity index (χ2v) is 4.98. The first kappa shape index (κ1) is 10.5. The highest BCUT2D eigenvalue weighted by Gasteiger charge is 2.10. The third-order valence-corrected chi connectivity index (χ3v) is 3.70. The predicted molar refractivity (Wildman–Crippen MR) is 64.5 cm³/mol. The minimum Gasteiger partial charge on any atom is -0.396 e. The highest BCUT2D eigenvalue weighted by molar-refractivity contribution is 7.14. The lowest BCUT2D eigenvalue weighted by Gasteiger charge is -2.02. The summed E-state index contributed by atoms with van der Waals surface area (Å²) in [6, 6.07) is 2.01. The molecule has 0 aliphatic carbocycles. The van der Waals surface area contributed by atoms with E-state index in [2.05, 4.69) is 5.10 Å². The van der Waals surface area contributed by atoms with Gasteiger partial charge < -0.3 is 5.73 Å². The van der Waals surface area contributed by atoms with Crippen molar-refractivity contribution in [3.8, 4) is 0 Å². The molecule has 0 unspecified atom stereocenters. The Morgan fingerprint density at radius 2 is 2.27 bits per heavy atom. The van der Waals surface area contributed by atoms with E-state index in [1.165, 1.54) is 11.3 Å². The standard InChI is InChI=1S/C10H12ClN3S/c1-6-9(12)7(2)14(13-6)5-8-3-4-15-10(8)11/h3-4H,5,12H2,1-2H3. The molecule has 15 heavy (non-hydrogen) atoms. The molecule has 0 spiro atoms. The van der Waals surface area contributed by atoms with Gasteiger partial charge >= 0.3 is 0 Å². The Hall–Kier alpha value is -1.00. The molecule has 2 aromatic rings. The van der Waals surface area contributed by atoms with E-state index in [1.54, 1.807) is 0 Å². The highest BCUT2D eigenvalue weighted by Crippen LogP contribution is 2.24. The summed E-state index contributed by atoms with van der Waals surface area (Å²) in [6.45, 7) is 4.57. The molecule has 80 valence electrons. The van der Waals surface area contributed by atoms with Crippen LogP contribution in [0.3, 0.4) is 0 Å². The lowest BCUT2D eigenvalue weighted by molar-refractivity contribution is 0.661. The van der Waals surface area contributed by atoms with Crippen molar-refractivity contribution in [2.45, 2.75) is 20.4 Å². The first-order valence-electron chi connectivity index (χ1n) is 4.61. The zero-order valence-corrected chi connectivity index (χ0v) is 10.2. The van der Waals surface area contributed by atoms with Gasteiger partial charge in [0.15, 0.2) is 0 Å². The lowest BCUT2D eigenvalue weighted by Crippen LogP contribution is -2.03. The van der Waals surface area contributed by atoms with Gasteiger partial charge in [0.2, 0.25) is 0 Å². The number of thiophene rings is 1. The van der Waals surface area contributed by atoms with Crippen molar-refractivity contribution in [2.24, 2.45) is 0 Å². The van der Waals surface area contributed by atoms with Gasteiger partial charge in [0.05, 0.1) is 28.0 Å². The van der Waals surface area contributed by atoms with Crippen LogP contribution in [0.5, 0.6) is 0 Å². The number of halogens is 1. The molecule has 0 saturated heterocycles. The predicted octanol–water partition coefficient (Wildman–Crippen LogP) is 2.85. The van der Waals surface area contributed by atoms with Crippen LogP contribution in [0, 0.1) is 13.8 Å². The monoisotopic (exact) mass is 241 g/mol. The van der Waals surface area contributed by atoms with Gasteiger partial charge in [-0.3, -0.25) is 4.68 Å². The Balaban J connectivity index is 2.33. The fourth-order valence-electron chi connectivity index (χ4n) is 1.46. The zero-order valence-electron chi connectivity index (χ0n) is 8.62. The minimum atomic E-state index is 0.687. The second-order valence-electron chi connectivity index (χ2n) is 3.46. The van der Waals surface area contributed by atoms with Crippen LogP contribution in [0.15, 0.2) is 11.4 Å². The topological polar surface area (TPSA) is 43.8 Å². The van der Waals surface area contributed by atoms with E-state index in [0.29, 0.717) is 6.54 Å². The van der Waals surface area contributed by atoms with Crippen molar-refractivity contribution in [1.29, 1.82) is 0 Å². The average Bonchev–Trinajstić information content (AvgIpc) is 2.69. The minimum absolute atomic E-state index is 0.687. The summed E-state index contributed by atoms with van der Waals surface area (Å²) in [5.41, 5.74) is 9.58. The molecule has 5 heteroatoms. The van der Waals surface area contributed by atoms with E-state index < -0.39 is 0 Å². The van der Waals surface area contributed by atoms with Crippen LogP contribution in [0.25, 0.3) is 0 Å². The Labute approximate surface area is 97.5 Å². The zero-order chi connectivity index (χ0) is 11.0. The molecule has 0 aliphatic heterocycles. The summed E-state index contributed by atoms with van der Waals surface area (Å²) >= 11 is 7.57. The van der Waals surface area contributed by atoms with Gasteiger partial charge in [-0.25, -0.2) is 0 Å². The molecule has 0 fully saturated rings. The van der Waals surface area contributed by atoms with Crippen molar-refractivity contribution in [1.82, 2.24) is 9.78 Å². The lowest BCUT2D eigenvalue weighted by atomic mass is 10.3. The number of nitrogen functional groups attached to an aromatic ring is 1. The fraction of sp³-hybridized carbons (Fsp3) is 0.300. The van der Waals surface area contributed by atoms with Crippen molar-refractivity contribution >= 4 is 28.6 Å². The first-order valence-corrected chi connectivity index (χ1v) is 5.86. The summed E-state index contributed by atoms with van der Waals surface area (Å²) in [4.78, 5) is 0. The van der Waals surface area contributed by atoms with E-state index >= 15 is 0 Å². The smallest absolute Gasteiger partial charge is 0.0979 e. The van der Waals surface area contributed by atoms with Crippen molar-refractivity contribution in [2.75, 3.05) is 5.73 Å². The fourth-order valence-corrected chi connectivity index (χ4v) is 2.37. The summed E-state index contributed by atoms with van der Waals surface area (Å²) < 4.78 is 2.71. The Morgan fingerprint density at radius 1 is 1.53 bits per heavy atom. The highest BCUT2D eigenvalue weighted by atomic mass is 35.5. The van der Waals surface area contributed by atoms with Crippen molar-refractivity contribution in [3.63, 3.8) is 0 Å². The van der Waals surface area contributed by atoms with Crippen LogP contribution in [0.2, 0.25) is 4.34 Å². The number of nitrogens with zero attached hydrogens (tertiary/aromatic N) is 2. The molecule has 2 heterocycles. The first-order chi connectivity index (χ1) is 7.09. The van der Waals surface area contributed by atoms with Gasteiger partial charge in [-0.1, -0.05) is 11.6 Å². The van der Waals surface area contributed by atoms with Crippen LogP contribution in [-0.2, 0) is 6.54 Å². The van der Waals surface area contributed by atoms with Crippen molar-refractivity contribution < 1.29 is 0 Å². The largest absolute Gasteiger partial charge is 0.396 e. The molecule has 0 saturated carbocycles. The molecule has 2 aromatic heterocycles. The Kier molecular flexibility index (Phi) is 2.71. The number of aromatic nitrogens is 2. The maximum Gasteiger partial charge on any atom is 0.0979 e. The SMILES string of the molecule is Cc1nn(Cc2ccsc2Cl)c(C)c1N. The maximum atomic E-state index is 6.03. The average molecular weight is 242 g/mol. The van der Waals surface area contributed by atoms with E-state index in [0.717, 1.165) is 27.0 Å². The molecule has 3 nitrogen and oxygen atoms in total. The van der Waals surface area contributed by atoms with Crippen LogP contribution in [0.4, 0.5) is 5.69 Å². The molecule has 2 N–H and O–H groups in total. The van der Waals surface area contributed by atoms with Gasteiger partial charge in [0.25, 0.3) is 0 Å². The number of nitrogens with two attached hydrogens (primary N) is 1. The van der Waals surface area contributed by atoms with Crippen LogP contribution in [0.1, 0.15) is 17.0 Å². The van der Waals surface area contributed by atoms with Crippen LogP contribution < -0.4 is 5.73 Å². The van der Waals surface area contributed by atoms with Crippen LogP contribution >= 0.6 is 22.9 Å². The van der Waals surface area contributed by atoms with E-state index in [-0.39, 0.29) is 0 Å². The van der Waals surface area contributed by atoms with Gasteiger partial charge in [-0.2, -0.15) is 5.10 Å². The van der Waals surface area contributed by atoms with Crippen molar-refractivity contribution in [3.05, 3.63) is 32.7 Å². The molecule has 2 rings (SSSR count). The quantitative estimate of drug-likeness (QED) is 0.879. The number of anilines is 1. The normalized spacial score (nSPS) is 10.9. The molecule has 0 aliphatic rings. The summed E-state index contributed by atoms with van der Waals surface area (Å²) in [5, 5.41) is 6.34. The molecular weight excluding hydrogens is 230 g/mol. The summed E-state index contributed by atoms with van der Waals surface area (Å²) in [6.07, 6.45) is 0. The van der Waals surface area contributed by atoms with Gasteiger partial charge in [0, 0.05) is 5.56 Å². The number of hydrogen-bond acceptors (Lipinski definition) is 3.